The topological polar surface area (TPSA) is 20.3 Å². The standard InChI is InChI=1S/C7H11ClFNO/c1-5(8)7(11)10-3-2-6(9)4-10/h5-6H,2-4H2,1H3/t5-,6+/m1/s1. The van der Waals surface area contributed by atoms with Gasteiger partial charge in [-0.15, -0.1) is 11.6 Å². The van der Waals surface area contributed by atoms with Crippen molar-refractivity contribution in [3.05, 3.63) is 0 Å². The first-order chi connectivity index (χ1) is 5.11. The number of likely N-dealkylation sites (tertiary alicyclic amines) is 1. The van der Waals surface area contributed by atoms with Gasteiger partial charge < -0.3 is 4.90 Å². The molecule has 0 radical (unpaired) electrons. The molecule has 0 spiro atoms. The minimum absolute atomic E-state index is 0.160. The summed E-state index contributed by atoms with van der Waals surface area (Å²) in [4.78, 5) is 12.6. The third-order valence-electron chi connectivity index (χ3n) is 1.78. The lowest BCUT2D eigenvalue weighted by molar-refractivity contribution is -0.129. The van der Waals surface area contributed by atoms with E-state index in [-0.39, 0.29) is 12.5 Å². The first-order valence-corrected chi connectivity index (χ1v) is 4.12. The molecular weight excluding hydrogens is 169 g/mol. The second-order valence-corrected chi connectivity index (χ2v) is 3.44. The van der Waals surface area contributed by atoms with Crippen LogP contribution in [0, 0.1) is 0 Å². The Morgan fingerprint density at radius 3 is 2.82 bits per heavy atom. The van der Waals surface area contributed by atoms with Crippen molar-refractivity contribution in [3.63, 3.8) is 0 Å². The van der Waals surface area contributed by atoms with Crippen LogP contribution in [0.15, 0.2) is 0 Å². The number of rotatable bonds is 1. The van der Waals surface area contributed by atoms with Gasteiger partial charge in [-0.2, -0.15) is 0 Å². The summed E-state index contributed by atoms with van der Waals surface area (Å²) >= 11 is 5.54. The van der Waals surface area contributed by atoms with Gasteiger partial charge in [0.1, 0.15) is 11.5 Å². The minimum Gasteiger partial charge on any atom is -0.338 e. The molecule has 0 unspecified atom stereocenters. The third kappa shape index (κ3) is 2.06. The summed E-state index contributed by atoms with van der Waals surface area (Å²) in [5, 5.41) is -0.528. The first-order valence-electron chi connectivity index (χ1n) is 3.68. The van der Waals surface area contributed by atoms with E-state index < -0.39 is 11.5 Å². The molecule has 2 atom stereocenters. The largest absolute Gasteiger partial charge is 0.338 e. The Balaban J connectivity index is 2.43. The molecule has 2 nitrogen and oxygen atoms in total. The maximum absolute atomic E-state index is 12.6. The minimum atomic E-state index is -0.852. The second kappa shape index (κ2) is 3.39. The van der Waals surface area contributed by atoms with E-state index in [1.165, 1.54) is 4.90 Å². The van der Waals surface area contributed by atoms with E-state index in [2.05, 4.69) is 0 Å². The molecule has 1 saturated heterocycles. The van der Waals surface area contributed by atoms with Gasteiger partial charge in [0.15, 0.2) is 0 Å². The maximum atomic E-state index is 12.6. The zero-order chi connectivity index (χ0) is 8.43. The smallest absolute Gasteiger partial charge is 0.240 e. The number of nitrogens with zero attached hydrogens (tertiary/aromatic N) is 1. The summed E-state index contributed by atoms with van der Waals surface area (Å²) < 4.78 is 12.6. The SMILES string of the molecule is C[C@@H](Cl)C(=O)N1CC[C@H](F)C1. The summed E-state index contributed by atoms with van der Waals surface area (Å²) in [7, 11) is 0. The summed E-state index contributed by atoms with van der Waals surface area (Å²) in [5.41, 5.74) is 0. The Morgan fingerprint density at radius 2 is 2.45 bits per heavy atom. The molecule has 0 aromatic heterocycles. The fraction of sp³-hybridized carbons (Fsp3) is 0.857. The summed E-state index contributed by atoms with van der Waals surface area (Å²) in [6, 6.07) is 0. The summed E-state index contributed by atoms with van der Waals surface area (Å²) in [5.74, 6) is -0.160. The predicted octanol–water partition coefficient (Wildman–Crippen LogP) is 1.18. The van der Waals surface area contributed by atoms with E-state index in [9.17, 15) is 9.18 Å². The van der Waals surface area contributed by atoms with Gasteiger partial charge in [-0.1, -0.05) is 0 Å². The van der Waals surface area contributed by atoms with Gasteiger partial charge in [0.25, 0.3) is 0 Å². The highest BCUT2D eigenvalue weighted by molar-refractivity contribution is 6.30. The average molecular weight is 180 g/mol. The van der Waals surface area contributed by atoms with Crippen molar-refractivity contribution in [2.75, 3.05) is 13.1 Å². The number of amides is 1. The Hall–Kier alpha value is -0.310. The molecule has 64 valence electrons. The zero-order valence-electron chi connectivity index (χ0n) is 6.39. The van der Waals surface area contributed by atoms with E-state index in [1.807, 2.05) is 0 Å². The van der Waals surface area contributed by atoms with Gasteiger partial charge in [0.05, 0.1) is 6.54 Å². The van der Waals surface area contributed by atoms with E-state index in [0.717, 1.165) is 0 Å². The number of hydrogen-bond acceptors (Lipinski definition) is 1. The molecule has 1 rings (SSSR count). The van der Waals surface area contributed by atoms with Crippen LogP contribution in [-0.2, 0) is 4.79 Å². The molecule has 0 saturated carbocycles. The molecule has 11 heavy (non-hydrogen) atoms. The zero-order valence-corrected chi connectivity index (χ0v) is 7.14. The van der Waals surface area contributed by atoms with Gasteiger partial charge >= 0.3 is 0 Å². The van der Waals surface area contributed by atoms with Crippen LogP contribution in [0.2, 0.25) is 0 Å². The number of alkyl halides is 2. The van der Waals surface area contributed by atoms with Crippen LogP contribution >= 0.6 is 11.6 Å². The van der Waals surface area contributed by atoms with Crippen LogP contribution < -0.4 is 0 Å². The molecule has 0 aliphatic carbocycles. The fourth-order valence-corrected chi connectivity index (χ4v) is 1.31. The van der Waals surface area contributed by atoms with Crippen LogP contribution in [0.25, 0.3) is 0 Å². The van der Waals surface area contributed by atoms with Gasteiger partial charge in [0.2, 0.25) is 5.91 Å². The summed E-state index contributed by atoms with van der Waals surface area (Å²) in [6.07, 6.45) is -0.399. The predicted molar refractivity (Wildman–Crippen MR) is 41.4 cm³/mol. The van der Waals surface area contributed by atoms with Crippen LogP contribution in [-0.4, -0.2) is 35.4 Å². The van der Waals surface area contributed by atoms with Gasteiger partial charge in [-0.25, -0.2) is 4.39 Å². The average Bonchev–Trinajstić information content (AvgIpc) is 2.34. The number of halogens is 2. The first kappa shape index (κ1) is 8.78. The Bertz CT molecular complexity index is 163. The van der Waals surface area contributed by atoms with Crippen molar-refractivity contribution in [2.45, 2.75) is 24.9 Å². The quantitative estimate of drug-likeness (QED) is 0.554. The van der Waals surface area contributed by atoms with Crippen molar-refractivity contribution in [1.29, 1.82) is 0 Å². The lowest BCUT2D eigenvalue weighted by Crippen LogP contribution is -2.33. The van der Waals surface area contributed by atoms with Crippen molar-refractivity contribution in [1.82, 2.24) is 4.90 Å². The molecule has 0 aromatic carbocycles. The highest BCUT2D eigenvalue weighted by atomic mass is 35.5. The van der Waals surface area contributed by atoms with Crippen LogP contribution in [0.1, 0.15) is 13.3 Å². The second-order valence-electron chi connectivity index (χ2n) is 2.79. The summed E-state index contributed by atoms with van der Waals surface area (Å²) in [6.45, 7) is 2.34. The lowest BCUT2D eigenvalue weighted by atomic mass is 10.3. The van der Waals surface area contributed by atoms with Crippen molar-refractivity contribution < 1.29 is 9.18 Å². The molecule has 4 heteroatoms. The molecule has 1 amide bonds. The van der Waals surface area contributed by atoms with E-state index in [1.54, 1.807) is 6.92 Å². The lowest BCUT2D eigenvalue weighted by Gasteiger charge is -2.15. The molecule has 1 aliphatic heterocycles. The highest BCUT2D eigenvalue weighted by Gasteiger charge is 2.27. The van der Waals surface area contributed by atoms with Crippen LogP contribution in [0.4, 0.5) is 4.39 Å². The molecule has 0 N–H and O–H groups in total. The van der Waals surface area contributed by atoms with Gasteiger partial charge in [0, 0.05) is 6.54 Å². The van der Waals surface area contributed by atoms with E-state index in [4.69, 9.17) is 11.6 Å². The van der Waals surface area contributed by atoms with Crippen LogP contribution in [0.3, 0.4) is 0 Å². The van der Waals surface area contributed by atoms with Crippen molar-refractivity contribution >= 4 is 17.5 Å². The van der Waals surface area contributed by atoms with Crippen LogP contribution in [0.5, 0.6) is 0 Å². The molecule has 0 aromatic rings. The number of carbonyl (C=O) groups excluding carboxylic acids is 1. The number of hydrogen-bond donors (Lipinski definition) is 0. The van der Waals surface area contributed by atoms with Crippen molar-refractivity contribution in [3.8, 4) is 0 Å². The maximum Gasteiger partial charge on any atom is 0.240 e. The Kier molecular flexibility index (Phi) is 2.71. The molecule has 1 heterocycles. The normalized spacial score (nSPS) is 27.2. The van der Waals surface area contributed by atoms with Crippen molar-refractivity contribution in [2.24, 2.45) is 0 Å². The number of carbonyl (C=O) groups is 1. The molecular formula is C7H11ClFNO. The van der Waals surface area contributed by atoms with Gasteiger partial charge in [-0.3, -0.25) is 4.79 Å². The van der Waals surface area contributed by atoms with E-state index in [0.29, 0.717) is 13.0 Å². The highest BCUT2D eigenvalue weighted by Crippen LogP contribution is 2.14. The Morgan fingerprint density at radius 1 is 1.82 bits per heavy atom. The monoisotopic (exact) mass is 179 g/mol. The third-order valence-corrected chi connectivity index (χ3v) is 1.97. The Labute approximate surface area is 70.3 Å². The molecule has 0 bridgehead atoms. The fourth-order valence-electron chi connectivity index (χ4n) is 1.17. The molecule has 1 fully saturated rings. The van der Waals surface area contributed by atoms with Gasteiger partial charge in [-0.05, 0) is 13.3 Å². The van der Waals surface area contributed by atoms with E-state index >= 15 is 0 Å². The molecule has 1 aliphatic rings.